The van der Waals surface area contributed by atoms with Gasteiger partial charge in [0.2, 0.25) is 5.91 Å². The van der Waals surface area contributed by atoms with Crippen molar-refractivity contribution < 1.29 is 14.3 Å². The standard InChI is InChI=1S/C20H33N5O3.HI/c1-14(2)17(26)25-16-9-7-15(8-10-16)13-24-18(21-6)22-11-12-23-19(27)28-20(3,4)5;/h7-10,14H,11-13H2,1-6H3,(H,23,27)(H,25,26)(H2,21,22,24);1H. The molecule has 0 aromatic heterocycles. The van der Waals surface area contributed by atoms with Gasteiger partial charge < -0.3 is 26.0 Å². The highest BCUT2D eigenvalue weighted by molar-refractivity contribution is 14.0. The Hall–Kier alpha value is -2.04. The maximum atomic E-state index is 11.7. The van der Waals surface area contributed by atoms with E-state index in [0.717, 1.165) is 11.3 Å². The maximum Gasteiger partial charge on any atom is 0.407 e. The van der Waals surface area contributed by atoms with Crippen LogP contribution in [-0.2, 0) is 16.1 Å². The predicted molar refractivity (Wildman–Crippen MR) is 128 cm³/mol. The molecule has 0 aliphatic rings. The molecule has 0 bridgehead atoms. The number of carbonyl (C=O) groups is 2. The first kappa shape index (κ1) is 27.0. The van der Waals surface area contributed by atoms with Crippen LogP contribution in [0.25, 0.3) is 0 Å². The Balaban J connectivity index is 0.00000784. The number of anilines is 1. The summed E-state index contributed by atoms with van der Waals surface area (Å²) in [5, 5.41) is 11.9. The molecule has 4 N–H and O–H groups in total. The lowest BCUT2D eigenvalue weighted by molar-refractivity contribution is -0.118. The average Bonchev–Trinajstić information content (AvgIpc) is 2.60. The van der Waals surface area contributed by atoms with Crippen molar-refractivity contribution in [2.75, 3.05) is 25.5 Å². The zero-order valence-electron chi connectivity index (χ0n) is 18.1. The van der Waals surface area contributed by atoms with Crippen molar-refractivity contribution in [1.29, 1.82) is 0 Å². The second kappa shape index (κ2) is 13.2. The molecule has 9 heteroatoms. The van der Waals surface area contributed by atoms with Crippen LogP contribution in [0.2, 0.25) is 0 Å². The van der Waals surface area contributed by atoms with Gasteiger partial charge in [-0.3, -0.25) is 9.79 Å². The fourth-order valence-corrected chi connectivity index (χ4v) is 2.06. The second-order valence-electron chi connectivity index (χ2n) is 7.62. The molecule has 2 amide bonds. The van der Waals surface area contributed by atoms with E-state index < -0.39 is 11.7 Å². The summed E-state index contributed by atoms with van der Waals surface area (Å²) in [6.45, 7) is 10.7. The molecule has 1 rings (SSSR count). The number of ether oxygens (including phenoxy) is 1. The van der Waals surface area contributed by atoms with Crippen LogP contribution >= 0.6 is 24.0 Å². The lowest BCUT2D eigenvalue weighted by Gasteiger charge is -2.20. The Morgan fingerprint density at radius 3 is 2.14 bits per heavy atom. The van der Waals surface area contributed by atoms with Gasteiger partial charge in [0.1, 0.15) is 5.60 Å². The predicted octanol–water partition coefficient (Wildman–Crippen LogP) is 3.09. The largest absolute Gasteiger partial charge is 0.444 e. The van der Waals surface area contributed by atoms with Gasteiger partial charge in [-0.2, -0.15) is 0 Å². The van der Waals surface area contributed by atoms with Gasteiger partial charge in [0.25, 0.3) is 0 Å². The normalized spacial score (nSPS) is 11.3. The fourth-order valence-electron chi connectivity index (χ4n) is 2.06. The molecule has 0 saturated heterocycles. The zero-order valence-corrected chi connectivity index (χ0v) is 20.4. The summed E-state index contributed by atoms with van der Waals surface area (Å²) in [4.78, 5) is 27.4. The molecule has 164 valence electrons. The van der Waals surface area contributed by atoms with Gasteiger partial charge in [-0.15, -0.1) is 24.0 Å². The number of carbonyl (C=O) groups excluding carboxylic acids is 2. The van der Waals surface area contributed by atoms with Crippen molar-refractivity contribution in [3.8, 4) is 0 Å². The molecule has 0 unspecified atom stereocenters. The van der Waals surface area contributed by atoms with Gasteiger partial charge in [-0.05, 0) is 38.5 Å². The van der Waals surface area contributed by atoms with Gasteiger partial charge in [0.15, 0.2) is 5.96 Å². The number of aliphatic imine (C=N–C) groups is 1. The SMILES string of the molecule is CN=C(NCCNC(=O)OC(C)(C)C)NCc1ccc(NC(=O)C(C)C)cc1.I. The van der Waals surface area contributed by atoms with Crippen LogP contribution in [0.4, 0.5) is 10.5 Å². The third kappa shape index (κ3) is 12.2. The molecule has 29 heavy (non-hydrogen) atoms. The van der Waals surface area contributed by atoms with Crippen LogP contribution in [0.15, 0.2) is 29.3 Å². The summed E-state index contributed by atoms with van der Waals surface area (Å²) in [7, 11) is 1.68. The maximum absolute atomic E-state index is 11.7. The average molecular weight is 519 g/mol. The number of halogens is 1. The molecule has 0 aliphatic carbocycles. The highest BCUT2D eigenvalue weighted by Crippen LogP contribution is 2.11. The first-order valence-corrected chi connectivity index (χ1v) is 9.42. The van der Waals surface area contributed by atoms with E-state index in [1.165, 1.54) is 0 Å². The number of nitrogens with zero attached hydrogens (tertiary/aromatic N) is 1. The molecule has 8 nitrogen and oxygen atoms in total. The summed E-state index contributed by atoms with van der Waals surface area (Å²) in [5.41, 5.74) is 1.32. The Labute approximate surface area is 190 Å². The molecular formula is C20H34IN5O3. The van der Waals surface area contributed by atoms with Crippen LogP contribution < -0.4 is 21.3 Å². The molecule has 1 aromatic carbocycles. The van der Waals surface area contributed by atoms with Crippen molar-refractivity contribution in [1.82, 2.24) is 16.0 Å². The van der Waals surface area contributed by atoms with E-state index in [2.05, 4.69) is 26.3 Å². The van der Waals surface area contributed by atoms with Gasteiger partial charge in [0, 0.05) is 38.3 Å². The third-order valence-corrected chi connectivity index (χ3v) is 3.52. The lowest BCUT2D eigenvalue weighted by atomic mass is 10.1. The van der Waals surface area contributed by atoms with E-state index in [9.17, 15) is 9.59 Å². The number of nitrogens with one attached hydrogen (secondary N) is 4. The molecule has 0 heterocycles. The van der Waals surface area contributed by atoms with Crippen molar-refractivity contribution >= 4 is 47.6 Å². The summed E-state index contributed by atoms with van der Waals surface area (Å²) in [6, 6.07) is 7.64. The molecular weight excluding hydrogens is 485 g/mol. The molecule has 0 aliphatic heterocycles. The molecule has 0 saturated carbocycles. The van der Waals surface area contributed by atoms with Crippen LogP contribution in [0.1, 0.15) is 40.2 Å². The first-order valence-electron chi connectivity index (χ1n) is 9.42. The summed E-state index contributed by atoms with van der Waals surface area (Å²) < 4.78 is 5.17. The summed E-state index contributed by atoms with van der Waals surface area (Å²) in [6.07, 6.45) is -0.443. The Morgan fingerprint density at radius 2 is 1.62 bits per heavy atom. The number of guanidine groups is 1. The lowest BCUT2D eigenvalue weighted by Crippen LogP contribution is -2.42. The topological polar surface area (TPSA) is 104 Å². The third-order valence-electron chi connectivity index (χ3n) is 3.52. The summed E-state index contributed by atoms with van der Waals surface area (Å²) in [5.74, 6) is 0.569. The van der Waals surface area contributed by atoms with Crippen LogP contribution in [0, 0.1) is 5.92 Å². The number of rotatable bonds is 7. The molecule has 0 atom stereocenters. The monoisotopic (exact) mass is 519 g/mol. The number of alkyl carbamates (subject to hydrolysis) is 1. The van der Waals surface area contributed by atoms with Gasteiger partial charge in [-0.25, -0.2) is 4.79 Å². The molecule has 1 aromatic rings. The van der Waals surface area contributed by atoms with Gasteiger partial charge in [0.05, 0.1) is 0 Å². The van der Waals surface area contributed by atoms with E-state index >= 15 is 0 Å². The minimum Gasteiger partial charge on any atom is -0.444 e. The Kier molecular flexibility index (Phi) is 12.3. The van der Waals surface area contributed by atoms with Gasteiger partial charge >= 0.3 is 6.09 Å². The van der Waals surface area contributed by atoms with E-state index in [4.69, 9.17) is 4.74 Å². The number of benzene rings is 1. The first-order chi connectivity index (χ1) is 13.1. The van der Waals surface area contributed by atoms with Crippen molar-refractivity contribution in [2.45, 2.75) is 46.8 Å². The van der Waals surface area contributed by atoms with E-state index in [-0.39, 0.29) is 35.8 Å². The van der Waals surface area contributed by atoms with Crippen molar-refractivity contribution in [3.63, 3.8) is 0 Å². The fraction of sp³-hybridized carbons (Fsp3) is 0.550. The highest BCUT2D eigenvalue weighted by Gasteiger charge is 2.15. The van der Waals surface area contributed by atoms with Crippen LogP contribution in [-0.4, -0.2) is 43.7 Å². The highest BCUT2D eigenvalue weighted by atomic mass is 127. The molecule has 0 spiro atoms. The molecule has 0 radical (unpaired) electrons. The minimum absolute atomic E-state index is 0. The number of amides is 2. The number of hydrogen-bond donors (Lipinski definition) is 4. The Morgan fingerprint density at radius 1 is 1.03 bits per heavy atom. The Bertz CT molecular complexity index is 670. The van der Waals surface area contributed by atoms with E-state index in [1.807, 2.05) is 58.9 Å². The number of hydrogen-bond acceptors (Lipinski definition) is 4. The zero-order chi connectivity index (χ0) is 21.2. The van der Waals surface area contributed by atoms with Crippen LogP contribution in [0.3, 0.4) is 0 Å². The van der Waals surface area contributed by atoms with E-state index in [1.54, 1.807) is 7.05 Å². The van der Waals surface area contributed by atoms with Crippen molar-refractivity contribution in [3.05, 3.63) is 29.8 Å². The quantitative estimate of drug-likeness (QED) is 0.192. The molecule has 0 fully saturated rings. The van der Waals surface area contributed by atoms with E-state index in [0.29, 0.717) is 25.6 Å². The smallest absolute Gasteiger partial charge is 0.407 e. The minimum atomic E-state index is -0.512. The second-order valence-corrected chi connectivity index (χ2v) is 7.62. The van der Waals surface area contributed by atoms with Crippen molar-refractivity contribution in [2.24, 2.45) is 10.9 Å². The van der Waals surface area contributed by atoms with Crippen LogP contribution in [0.5, 0.6) is 0 Å². The van der Waals surface area contributed by atoms with Gasteiger partial charge in [-0.1, -0.05) is 26.0 Å². The summed E-state index contributed by atoms with van der Waals surface area (Å²) >= 11 is 0.